The van der Waals surface area contributed by atoms with Gasteiger partial charge in [-0.1, -0.05) is 77.6 Å². The zero-order valence-electron chi connectivity index (χ0n) is 20.5. The van der Waals surface area contributed by atoms with Gasteiger partial charge in [0.05, 0.1) is 15.6 Å². The molecular weight excluding hydrogens is 592 g/mol. The molecular formula is C26H25Cl4N3O4S. The fourth-order valence-corrected chi connectivity index (χ4v) is 6.25. The standard InChI is InChI=1S/C26H25Cl4N3O4S/c1-3-23(26(35)31-2)32(15-19-20(28)10-7-11-21(19)29)25(34)16-33(24-14-17(27)12-13-22(24)30)38(36,37)18-8-5-4-6-9-18/h4-14,23H,3,15-16H2,1-2H3,(H,31,35)/t23-/m1/s1. The molecule has 0 bridgehead atoms. The number of carbonyl (C=O) groups excluding carboxylic acids is 2. The molecule has 3 aromatic rings. The number of nitrogens with one attached hydrogen (secondary N) is 1. The molecule has 2 amide bonds. The monoisotopic (exact) mass is 615 g/mol. The second-order valence-electron chi connectivity index (χ2n) is 8.18. The second-order valence-corrected chi connectivity index (χ2v) is 11.7. The molecule has 38 heavy (non-hydrogen) atoms. The summed E-state index contributed by atoms with van der Waals surface area (Å²) in [6.07, 6.45) is 0.247. The highest BCUT2D eigenvalue weighted by Crippen LogP contribution is 2.34. The minimum absolute atomic E-state index is 0.0140. The highest BCUT2D eigenvalue weighted by molar-refractivity contribution is 7.92. The number of likely N-dealkylation sites (N-methyl/N-ethyl adjacent to an activating group) is 1. The maximum atomic E-state index is 13.9. The van der Waals surface area contributed by atoms with Gasteiger partial charge < -0.3 is 10.2 Å². The van der Waals surface area contributed by atoms with Crippen molar-refractivity contribution in [2.45, 2.75) is 30.8 Å². The van der Waals surface area contributed by atoms with E-state index >= 15 is 0 Å². The smallest absolute Gasteiger partial charge is 0.264 e. The van der Waals surface area contributed by atoms with Crippen LogP contribution in [0, 0.1) is 0 Å². The van der Waals surface area contributed by atoms with E-state index in [1.807, 2.05) is 0 Å². The Bertz CT molecular complexity index is 1400. The van der Waals surface area contributed by atoms with Gasteiger partial charge in [0.15, 0.2) is 0 Å². The molecule has 0 aromatic heterocycles. The van der Waals surface area contributed by atoms with Gasteiger partial charge in [0.1, 0.15) is 12.6 Å². The number of benzene rings is 3. The molecule has 1 N–H and O–H groups in total. The summed E-state index contributed by atoms with van der Waals surface area (Å²) in [5, 5.41) is 3.45. The summed E-state index contributed by atoms with van der Waals surface area (Å²) in [5.74, 6) is -1.10. The van der Waals surface area contributed by atoms with Gasteiger partial charge in [0, 0.05) is 34.2 Å². The second kappa shape index (κ2) is 13.0. The zero-order valence-corrected chi connectivity index (χ0v) is 24.3. The summed E-state index contributed by atoms with van der Waals surface area (Å²) in [6, 6.07) is 15.9. The van der Waals surface area contributed by atoms with Gasteiger partial charge in [-0.25, -0.2) is 8.42 Å². The van der Waals surface area contributed by atoms with Crippen molar-refractivity contribution in [1.29, 1.82) is 0 Å². The van der Waals surface area contributed by atoms with Crippen molar-refractivity contribution in [3.8, 4) is 0 Å². The lowest BCUT2D eigenvalue weighted by atomic mass is 10.1. The average Bonchev–Trinajstić information content (AvgIpc) is 2.90. The Morgan fingerprint density at radius 1 is 0.895 bits per heavy atom. The van der Waals surface area contributed by atoms with E-state index in [9.17, 15) is 18.0 Å². The van der Waals surface area contributed by atoms with E-state index in [1.54, 1.807) is 43.3 Å². The van der Waals surface area contributed by atoms with E-state index < -0.39 is 34.4 Å². The summed E-state index contributed by atoms with van der Waals surface area (Å²) >= 11 is 25.3. The first-order chi connectivity index (χ1) is 18.0. The molecule has 0 unspecified atom stereocenters. The number of hydrogen-bond acceptors (Lipinski definition) is 4. The van der Waals surface area contributed by atoms with Crippen LogP contribution in [0.2, 0.25) is 20.1 Å². The van der Waals surface area contributed by atoms with Gasteiger partial charge in [-0.15, -0.1) is 0 Å². The Labute approximate surface area is 242 Å². The van der Waals surface area contributed by atoms with Crippen LogP contribution in [0.25, 0.3) is 0 Å². The molecule has 0 aliphatic heterocycles. The molecule has 0 saturated heterocycles. The molecule has 1 atom stereocenters. The number of sulfonamides is 1. The van der Waals surface area contributed by atoms with Crippen molar-refractivity contribution >= 4 is 73.9 Å². The number of rotatable bonds is 10. The number of amides is 2. The van der Waals surface area contributed by atoms with E-state index in [0.29, 0.717) is 15.6 Å². The van der Waals surface area contributed by atoms with Crippen molar-refractivity contribution in [3.63, 3.8) is 0 Å². The number of nitrogens with zero attached hydrogens (tertiary/aromatic N) is 2. The maximum Gasteiger partial charge on any atom is 0.264 e. The van der Waals surface area contributed by atoms with Gasteiger partial charge >= 0.3 is 0 Å². The van der Waals surface area contributed by atoms with Gasteiger partial charge in [0.25, 0.3) is 10.0 Å². The predicted octanol–water partition coefficient (Wildman–Crippen LogP) is 6.05. The predicted molar refractivity (Wildman–Crippen MR) is 153 cm³/mol. The largest absolute Gasteiger partial charge is 0.357 e. The fourth-order valence-electron chi connectivity index (χ4n) is 3.85. The summed E-state index contributed by atoms with van der Waals surface area (Å²) in [5.41, 5.74) is 0.435. The van der Waals surface area contributed by atoms with Gasteiger partial charge in [-0.3, -0.25) is 13.9 Å². The van der Waals surface area contributed by atoms with Crippen molar-refractivity contribution in [3.05, 3.63) is 92.4 Å². The minimum Gasteiger partial charge on any atom is -0.357 e. The van der Waals surface area contributed by atoms with Gasteiger partial charge in [-0.05, 0) is 48.9 Å². The molecule has 0 saturated carbocycles. The normalized spacial score (nSPS) is 12.1. The number of hydrogen-bond donors (Lipinski definition) is 1. The van der Waals surface area contributed by atoms with Crippen LogP contribution in [0.1, 0.15) is 18.9 Å². The van der Waals surface area contributed by atoms with E-state index in [1.165, 1.54) is 42.3 Å². The molecule has 0 spiro atoms. The minimum atomic E-state index is -4.28. The third-order valence-corrected chi connectivity index (χ3v) is 8.85. The Kier molecular flexibility index (Phi) is 10.3. The van der Waals surface area contributed by atoms with Crippen molar-refractivity contribution in [2.75, 3.05) is 17.9 Å². The quantitative estimate of drug-likeness (QED) is 0.300. The molecule has 3 aromatic carbocycles. The lowest BCUT2D eigenvalue weighted by Crippen LogP contribution is -2.51. The first kappa shape index (κ1) is 30.1. The summed E-state index contributed by atoms with van der Waals surface area (Å²) in [4.78, 5) is 27.9. The van der Waals surface area contributed by atoms with Crippen LogP contribution >= 0.6 is 46.4 Å². The topological polar surface area (TPSA) is 86.8 Å². The lowest BCUT2D eigenvalue weighted by Gasteiger charge is -2.33. The average molecular weight is 617 g/mol. The van der Waals surface area contributed by atoms with Gasteiger partial charge in [0.2, 0.25) is 11.8 Å². The van der Waals surface area contributed by atoms with E-state index in [4.69, 9.17) is 46.4 Å². The Balaban J connectivity index is 2.13. The molecule has 202 valence electrons. The first-order valence-corrected chi connectivity index (χ1v) is 14.4. The number of anilines is 1. The molecule has 12 heteroatoms. The highest BCUT2D eigenvalue weighted by atomic mass is 35.5. The summed E-state index contributed by atoms with van der Waals surface area (Å²) < 4.78 is 28.5. The molecule has 0 heterocycles. The SMILES string of the molecule is CC[C@H](C(=O)NC)N(Cc1c(Cl)cccc1Cl)C(=O)CN(c1cc(Cl)ccc1Cl)S(=O)(=O)c1ccccc1. The summed E-state index contributed by atoms with van der Waals surface area (Å²) in [7, 11) is -2.83. The molecule has 0 aliphatic rings. The third kappa shape index (κ3) is 6.74. The highest BCUT2D eigenvalue weighted by Gasteiger charge is 2.34. The molecule has 3 rings (SSSR count). The van der Waals surface area contributed by atoms with Crippen LogP contribution in [-0.4, -0.2) is 44.8 Å². The van der Waals surface area contributed by atoms with Crippen LogP contribution < -0.4 is 9.62 Å². The Hall–Kier alpha value is -2.49. The first-order valence-electron chi connectivity index (χ1n) is 11.5. The van der Waals surface area contributed by atoms with Crippen molar-refractivity contribution < 1.29 is 18.0 Å². The van der Waals surface area contributed by atoms with E-state index in [-0.39, 0.29) is 33.6 Å². The van der Waals surface area contributed by atoms with Crippen molar-refractivity contribution in [2.24, 2.45) is 0 Å². The summed E-state index contributed by atoms with van der Waals surface area (Å²) in [6.45, 7) is 0.930. The Morgan fingerprint density at radius 3 is 2.11 bits per heavy atom. The van der Waals surface area contributed by atoms with Crippen LogP contribution in [0.15, 0.2) is 71.6 Å². The van der Waals surface area contributed by atoms with Crippen LogP contribution in [0.4, 0.5) is 5.69 Å². The Morgan fingerprint density at radius 2 is 1.53 bits per heavy atom. The maximum absolute atomic E-state index is 13.9. The number of carbonyl (C=O) groups is 2. The van der Waals surface area contributed by atoms with Crippen LogP contribution in [-0.2, 0) is 26.2 Å². The van der Waals surface area contributed by atoms with Crippen molar-refractivity contribution in [1.82, 2.24) is 10.2 Å². The van der Waals surface area contributed by atoms with Crippen LogP contribution in [0.3, 0.4) is 0 Å². The van der Waals surface area contributed by atoms with E-state index in [2.05, 4.69) is 5.32 Å². The molecule has 0 radical (unpaired) electrons. The lowest BCUT2D eigenvalue weighted by molar-refractivity contribution is -0.140. The van der Waals surface area contributed by atoms with Gasteiger partial charge in [-0.2, -0.15) is 0 Å². The zero-order chi connectivity index (χ0) is 28.0. The number of halogens is 4. The molecule has 7 nitrogen and oxygen atoms in total. The third-order valence-electron chi connectivity index (χ3n) is 5.81. The van der Waals surface area contributed by atoms with E-state index in [0.717, 1.165) is 4.31 Å². The molecule has 0 fully saturated rings. The molecule has 0 aliphatic carbocycles. The van der Waals surface area contributed by atoms with Crippen LogP contribution in [0.5, 0.6) is 0 Å². The fraction of sp³-hybridized carbons (Fsp3) is 0.231.